The summed E-state index contributed by atoms with van der Waals surface area (Å²) in [5.74, 6) is -3.45. The first kappa shape index (κ1) is 18.1. The number of hydrogen-bond acceptors (Lipinski definition) is 1. The maximum absolute atomic E-state index is 14.3. The van der Waals surface area contributed by atoms with Crippen molar-refractivity contribution in [3.63, 3.8) is 0 Å². The van der Waals surface area contributed by atoms with Crippen LogP contribution in [0.5, 0.6) is 0 Å². The monoisotopic (exact) mass is 382 g/mol. The largest absolute Gasteiger partial charge is 0.366 e. The fourth-order valence-electron chi connectivity index (χ4n) is 3.67. The third kappa shape index (κ3) is 2.81. The van der Waals surface area contributed by atoms with Gasteiger partial charge in [-0.25, -0.2) is 13.2 Å². The first-order valence-electron chi connectivity index (χ1n) is 8.87. The van der Waals surface area contributed by atoms with Gasteiger partial charge in [-0.05, 0) is 30.2 Å². The maximum Gasteiger partial charge on any atom is 0.249 e. The van der Waals surface area contributed by atoms with Gasteiger partial charge < -0.3 is 10.3 Å². The van der Waals surface area contributed by atoms with Crippen LogP contribution in [-0.2, 0) is 13.0 Å². The minimum Gasteiger partial charge on any atom is -0.366 e. The molecule has 0 unspecified atom stereocenters. The highest BCUT2D eigenvalue weighted by Gasteiger charge is 2.19. The second-order valence-corrected chi connectivity index (χ2v) is 6.70. The molecule has 0 saturated heterocycles. The summed E-state index contributed by atoms with van der Waals surface area (Å²) < 4.78 is 43.6. The van der Waals surface area contributed by atoms with Crippen LogP contribution in [0.25, 0.3) is 21.8 Å². The van der Waals surface area contributed by atoms with E-state index in [4.69, 9.17) is 5.73 Å². The van der Waals surface area contributed by atoms with Crippen molar-refractivity contribution in [3.05, 3.63) is 82.7 Å². The minimum absolute atomic E-state index is 0.146. The Labute approximate surface area is 159 Å². The number of nitrogens with zero attached hydrogens (tertiary/aromatic N) is 1. The molecule has 4 rings (SSSR count). The van der Waals surface area contributed by atoms with Crippen molar-refractivity contribution in [2.24, 2.45) is 5.73 Å². The van der Waals surface area contributed by atoms with E-state index in [1.165, 1.54) is 0 Å². The smallest absolute Gasteiger partial charge is 0.249 e. The van der Waals surface area contributed by atoms with Crippen molar-refractivity contribution in [1.29, 1.82) is 0 Å². The van der Waals surface area contributed by atoms with Gasteiger partial charge in [0.1, 0.15) is 17.5 Å². The van der Waals surface area contributed by atoms with Crippen LogP contribution in [0.2, 0.25) is 0 Å². The lowest BCUT2D eigenvalue weighted by molar-refractivity contribution is 0.100. The minimum atomic E-state index is -0.967. The summed E-state index contributed by atoms with van der Waals surface area (Å²) in [7, 11) is 0. The molecule has 0 aliphatic carbocycles. The molecule has 4 aromatic rings. The lowest BCUT2D eigenvalue weighted by atomic mass is 10.0. The van der Waals surface area contributed by atoms with Crippen LogP contribution >= 0.6 is 0 Å². The zero-order chi connectivity index (χ0) is 20.0. The first-order valence-corrected chi connectivity index (χ1v) is 8.87. The Morgan fingerprint density at radius 1 is 1.00 bits per heavy atom. The first-order chi connectivity index (χ1) is 13.4. The van der Waals surface area contributed by atoms with Crippen LogP contribution in [-0.4, -0.2) is 10.5 Å². The fraction of sp³-hybridized carbons (Fsp3) is 0.136. The van der Waals surface area contributed by atoms with E-state index >= 15 is 0 Å². The van der Waals surface area contributed by atoms with Gasteiger partial charge in [0.05, 0.1) is 12.1 Å². The van der Waals surface area contributed by atoms with E-state index in [1.54, 1.807) is 22.8 Å². The molecule has 2 N–H and O–H groups in total. The molecule has 28 heavy (non-hydrogen) atoms. The summed E-state index contributed by atoms with van der Waals surface area (Å²) in [4.78, 5) is 11.9. The van der Waals surface area contributed by atoms with E-state index in [-0.39, 0.29) is 12.1 Å². The molecule has 3 nitrogen and oxygen atoms in total. The van der Waals surface area contributed by atoms with Crippen molar-refractivity contribution >= 4 is 27.7 Å². The summed E-state index contributed by atoms with van der Waals surface area (Å²) >= 11 is 0. The maximum atomic E-state index is 14.3. The molecule has 1 aromatic heterocycles. The van der Waals surface area contributed by atoms with E-state index in [0.717, 1.165) is 22.9 Å². The van der Waals surface area contributed by atoms with Crippen molar-refractivity contribution in [2.75, 3.05) is 0 Å². The van der Waals surface area contributed by atoms with E-state index in [1.807, 2.05) is 25.1 Å². The van der Waals surface area contributed by atoms with Gasteiger partial charge in [-0.2, -0.15) is 0 Å². The molecule has 1 amide bonds. The molecule has 0 aliphatic rings. The third-order valence-electron chi connectivity index (χ3n) is 5.05. The van der Waals surface area contributed by atoms with Gasteiger partial charge in [-0.3, -0.25) is 4.79 Å². The second-order valence-electron chi connectivity index (χ2n) is 6.70. The van der Waals surface area contributed by atoms with Crippen LogP contribution in [0.4, 0.5) is 13.2 Å². The van der Waals surface area contributed by atoms with Crippen molar-refractivity contribution in [3.8, 4) is 0 Å². The van der Waals surface area contributed by atoms with Gasteiger partial charge in [0.25, 0.3) is 0 Å². The summed E-state index contributed by atoms with van der Waals surface area (Å²) in [6.07, 6.45) is 0.777. The van der Waals surface area contributed by atoms with Gasteiger partial charge in [-0.15, -0.1) is 0 Å². The number of amides is 1. The molecule has 0 atom stereocenters. The SMILES string of the molecule is CCc1ccc2c3c(C(N)=O)cccc3n(Cc3c(F)cc(F)cc3F)c2c1. The number of benzene rings is 3. The summed E-state index contributed by atoms with van der Waals surface area (Å²) in [5.41, 5.74) is 8.03. The van der Waals surface area contributed by atoms with Gasteiger partial charge in [0, 0.05) is 39.5 Å². The molecule has 0 bridgehead atoms. The Balaban J connectivity index is 2.06. The summed E-state index contributed by atoms with van der Waals surface area (Å²) in [6.45, 7) is 1.86. The number of aromatic nitrogens is 1. The number of rotatable bonds is 4. The molecule has 0 spiro atoms. The average Bonchev–Trinajstić information content (AvgIpc) is 2.97. The van der Waals surface area contributed by atoms with Crippen molar-refractivity contribution < 1.29 is 18.0 Å². The standard InChI is InChI=1S/C22H17F3N2O/c1-2-12-6-7-14-20(8-12)27(11-16-17(24)9-13(23)10-18(16)25)19-5-3-4-15(21(14)19)22(26)28/h3-10H,2,11H2,1H3,(H2,26,28). The van der Waals surface area contributed by atoms with Crippen molar-refractivity contribution in [2.45, 2.75) is 19.9 Å². The van der Waals surface area contributed by atoms with Crippen LogP contribution in [0.3, 0.4) is 0 Å². The lowest BCUT2D eigenvalue weighted by Gasteiger charge is -2.11. The number of aryl methyl sites for hydroxylation is 1. The predicted molar refractivity (Wildman–Crippen MR) is 103 cm³/mol. The molecular formula is C22H17F3N2O. The van der Waals surface area contributed by atoms with Gasteiger partial charge in [-0.1, -0.05) is 25.1 Å². The van der Waals surface area contributed by atoms with Crippen LogP contribution in [0, 0.1) is 17.5 Å². The molecule has 1 heterocycles. The molecule has 0 radical (unpaired) electrons. The highest BCUT2D eigenvalue weighted by Crippen LogP contribution is 2.33. The van der Waals surface area contributed by atoms with Crippen LogP contribution < -0.4 is 5.73 Å². The van der Waals surface area contributed by atoms with Gasteiger partial charge in [0.15, 0.2) is 0 Å². The fourth-order valence-corrected chi connectivity index (χ4v) is 3.67. The summed E-state index contributed by atoms with van der Waals surface area (Å²) in [5, 5.41) is 1.40. The Morgan fingerprint density at radius 2 is 1.71 bits per heavy atom. The van der Waals surface area contributed by atoms with Crippen molar-refractivity contribution in [1.82, 2.24) is 4.57 Å². The van der Waals surface area contributed by atoms with E-state index in [9.17, 15) is 18.0 Å². The number of primary amides is 1. The van der Waals surface area contributed by atoms with E-state index in [0.29, 0.717) is 28.6 Å². The molecular weight excluding hydrogens is 365 g/mol. The van der Waals surface area contributed by atoms with Gasteiger partial charge in [0.2, 0.25) is 5.91 Å². The Hall–Kier alpha value is -3.28. The number of carbonyl (C=O) groups excluding carboxylic acids is 1. The highest BCUT2D eigenvalue weighted by atomic mass is 19.1. The lowest BCUT2D eigenvalue weighted by Crippen LogP contribution is -2.11. The Bertz CT molecular complexity index is 1220. The topological polar surface area (TPSA) is 48.0 Å². The number of nitrogens with two attached hydrogens (primary N) is 1. The van der Waals surface area contributed by atoms with E-state index in [2.05, 4.69) is 0 Å². The molecule has 142 valence electrons. The Kier molecular flexibility index (Phi) is 4.34. The number of fused-ring (bicyclic) bond motifs is 3. The number of carbonyl (C=O) groups is 1. The van der Waals surface area contributed by atoms with Gasteiger partial charge >= 0.3 is 0 Å². The third-order valence-corrected chi connectivity index (χ3v) is 5.05. The molecule has 3 aromatic carbocycles. The zero-order valence-electron chi connectivity index (χ0n) is 15.1. The van der Waals surface area contributed by atoms with E-state index < -0.39 is 23.4 Å². The number of halogens is 3. The molecule has 0 saturated carbocycles. The molecule has 6 heteroatoms. The van der Waals surface area contributed by atoms with Crippen LogP contribution in [0.1, 0.15) is 28.4 Å². The second kappa shape index (κ2) is 6.71. The number of hydrogen-bond donors (Lipinski definition) is 1. The average molecular weight is 382 g/mol. The molecule has 0 fully saturated rings. The highest BCUT2D eigenvalue weighted by molar-refractivity contribution is 6.17. The van der Waals surface area contributed by atoms with Crippen LogP contribution in [0.15, 0.2) is 48.5 Å². The predicted octanol–water partition coefficient (Wildman–Crippen LogP) is 4.92. The zero-order valence-corrected chi connectivity index (χ0v) is 15.1. The summed E-state index contributed by atoms with van der Waals surface area (Å²) in [6, 6.07) is 12.2. The normalized spacial score (nSPS) is 11.4. The quantitative estimate of drug-likeness (QED) is 0.535. The Morgan fingerprint density at radius 3 is 2.36 bits per heavy atom. The molecule has 0 aliphatic heterocycles.